The van der Waals surface area contributed by atoms with E-state index < -0.39 is 0 Å². The maximum absolute atomic E-state index is 6.07. The quantitative estimate of drug-likeness (QED) is 0.271. The van der Waals surface area contributed by atoms with Gasteiger partial charge in [0.1, 0.15) is 17.5 Å². The lowest BCUT2D eigenvalue weighted by Crippen LogP contribution is -1.94. The Morgan fingerprint density at radius 2 is 1.50 bits per heavy atom. The highest BCUT2D eigenvalue weighted by atomic mass is 16.3. The van der Waals surface area contributed by atoms with E-state index in [1.54, 1.807) is 0 Å². The lowest BCUT2D eigenvalue weighted by atomic mass is 9.96. The highest BCUT2D eigenvalue weighted by Gasteiger charge is 2.14. The Hall–Kier alpha value is -4.37. The van der Waals surface area contributed by atoms with Crippen molar-refractivity contribution < 1.29 is 4.42 Å². The van der Waals surface area contributed by atoms with E-state index >= 15 is 0 Å². The minimum absolute atomic E-state index is 0.914. The van der Waals surface area contributed by atoms with Gasteiger partial charge in [-0.05, 0) is 83.3 Å². The molecule has 162 valence electrons. The fraction of sp³-hybridized carbons (Fsp3) is 0.0645. The predicted octanol–water partition coefficient (Wildman–Crippen LogP) is 8.36. The average Bonchev–Trinajstić information content (AvgIpc) is 3.47. The van der Waals surface area contributed by atoms with E-state index in [9.17, 15) is 0 Å². The molecule has 0 radical (unpaired) electrons. The largest absolute Gasteiger partial charge is 0.456 e. The topological polar surface area (TPSA) is 31.0 Å². The summed E-state index contributed by atoms with van der Waals surface area (Å²) >= 11 is 0. The van der Waals surface area contributed by atoms with Crippen LogP contribution in [-0.4, -0.2) is 9.55 Å². The molecule has 0 amide bonds. The van der Waals surface area contributed by atoms with E-state index in [0.717, 1.165) is 38.7 Å². The monoisotopic (exact) mass is 438 g/mol. The molecule has 0 aliphatic rings. The Labute approximate surface area is 196 Å². The van der Waals surface area contributed by atoms with Crippen molar-refractivity contribution in [2.24, 2.45) is 0 Å². The van der Waals surface area contributed by atoms with Crippen LogP contribution >= 0.6 is 0 Å². The number of fused-ring (bicyclic) bond motifs is 5. The first-order chi connectivity index (χ1) is 16.7. The molecule has 2 heterocycles. The van der Waals surface area contributed by atoms with Crippen LogP contribution in [0.25, 0.3) is 60.6 Å². The molecule has 0 bridgehead atoms. The van der Waals surface area contributed by atoms with E-state index in [1.165, 1.54) is 33.0 Å². The molecule has 0 spiro atoms. The molecule has 34 heavy (non-hydrogen) atoms. The highest BCUT2D eigenvalue weighted by Crippen LogP contribution is 2.37. The van der Waals surface area contributed by atoms with E-state index in [1.807, 2.05) is 18.5 Å². The molecular weight excluding hydrogens is 416 g/mol. The van der Waals surface area contributed by atoms with Gasteiger partial charge in [-0.1, -0.05) is 54.6 Å². The fourth-order valence-electron chi connectivity index (χ4n) is 5.09. The maximum Gasteiger partial charge on any atom is 0.135 e. The van der Waals surface area contributed by atoms with Gasteiger partial charge in [0.05, 0.1) is 11.0 Å². The third-order valence-electron chi connectivity index (χ3n) is 7.05. The van der Waals surface area contributed by atoms with Crippen molar-refractivity contribution in [3.05, 3.63) is 108 Å². The Kier molecular flexibility index (Phi) is 3.97. The van der Waals surface area contributed by atoms with Crippen molar-refractivity contribution >= 4 is 43.7 Å². The zero-order chi connectivity index (χ0) is 22.8. The van der Waals surface area contributed by atoms with Crippen LogP contribution in [0.4, 0.5) is 0 Å². The van der Waals surface area contributed by atoms with Crippen molar-refractivity contribution in [2.75, 3.05) is 0 Å². The van der Waals surface area contributed by atoms with E-state index in [0.29, 0.717) is 0 Å². The summed E-state index contributed by atoms with van der Waals surface area (Å²) < 4.78 is 8.27. The van der Waals surface area contributed by atoms with Crippen molar-refractivity contribution in [3.63, 3.8) is 0 Å². The number of aryl methyl sites for hydroxylation is 2. The van der Waals surface area contributed by atoms with Crippen LogP contribution in [0.2, 0.25) is 0 Å². The first-order valence-electron chi connectivity index (χ1n) is 11.6. The summed E-state index contributed by atoms with van der Waals surface area (Å²) in [6.07, 6.45) is 1.94. The summed E-state index contributed by atoms with van der Waals surface area (Å²) in [5, 5.41) is 4.72. The summed E-state index contributed by atoms with van der Waals surface area (Å²) in [7, 11) is 0. The standard InChI is InChI=1S/C31H22N2O/c1-19-11-13-28-31(20(19)2)32-18-33(28)23-15-21-7-3-4-8-24(21)26(17-23)22-12-14-30-27(16-22)25-9-5-6-10-29(25)34-30/h3-18H,1-2H3. The minimum Gasteiger partial charge on any atom is -0.456 e. The number of nitrogens with zero attached hydrogens (tertiary/aromatic N) is 2. The van der Waals surface area contributed by atoms with Crippen LogP contribution in [-0.2, 0) is 0 Å². The van der Waals surface area contributed by atoms with Crippen LogP contribution in [0.15, 0.2) is 102 Å². The number of imidazole rings is 1. The zero-order valence-electron chi connectivity index (χ0n) is 19.0. The Bertz CT molecular complexity index is 1890. The minimum atomic E-state index is 0.914. The Morgan fingerprint density at radius 1 is 0.706 bits per heavy atom. The second kappa shape index (κ2) is 7.06. The van der Waals surface area contributed by atoms with Crippen molar-refractivity contribution in [3.8, 4) is 16.8 Å². The molecule has 0 aliphatic heterocycles. The smallest absolute Gasteiger partial charge is 0.135 e. The summed E-state index contributed by atoms with van der Waals surface area (Å²) in [6.45, 7) is 4.28. The molecule has 7 rings (SSSR count). The Balaban J connectivity index is 1.51. The molecule has 0 fully saturated rings. The summed E-state index contributed by atoms with van der Waals surface area (Å²) in [4.78, 5) is 4.76. The molecule has 3 nitrogen and oxygen atoms in total. The number of furan rings is 1. The molecule has 0 atom stereocenters. The molecule has 0 N–H and O–H groups in total. The lowest BCUT2D eigenvalue weighted by Gasteiger charge is -2.13. The summed E-state index contributed by atoms with van der Waals surface area (Å²) in [5.41, 5.74) is 9.99. The van der Waals surface area contributed by atoms with Crippen LogP contribution in [0, 0.1) is 13.8 Å². The number of hydrogen-bond acceptors (Lipinski definition) is 2. The first-order valence-corrected chi connectivity index (χ1v) is 11.6. The van der Waals surface area contributed by atoms with Gasteiger partial charge in [-0.15, -0.1) is 0 Å². The van der Waals surface area contributed by atoms with Gasteiger partial charge in [0.15, 0.2) is 0 Å². The maximum atomic E-state index is 6.07. The predicted molar refractivity (Wildman–Crippen MR) is 141 cm³/mol. The molecule has 0 unspecified atom stereocenters. The highest BCUT2D eigenvalue weighted by molar-refractivity contribution is 6.08. The van der Waals surface area contributed by atoms with Crippen molar-refractivity contribution in [1.29, 1.82) is 0 Å². The summed E-state index contributed by atoms with van der Waals surface area (Å²) in [5.74, 6) is 0. The van der Waals surface area contributed by atoms with Gasteiger partial charge in [-0.25, -0.2) is 4.98 Å². The van der Waals surface area contributed by atoms with E-state index in [2.05, 4.69) is 97.3 Å². The van der Waals surface area contributed by atoms with Gasteiger partial charge < -0.3 is 4.42 Å². The lowest BCUT2D eigenvalue weighted by molar-refractivity contribution is 0.669. The second-order valence-corrected chi connectivity index (χ2v) is 9.01. The van der Waals surface area contributed by atoms with Gasteiger partial charge in [0.25, 0.3) is 0 Å². The number of rotatable bonds is 2. The number of para-hydroxylation sites is 1. The number of benzene rings is 5. The van der Waals surface area contributed by atoms with Crippen LogP contribution in [0.3, 0.4) is 0 Å². The summed E-state index contributed by atoms with van der Waals surface area (Å²) in [6, 6.07) is 32.2. The van der Waals surface area contributed by atoms with Crippen molar-refractivity contribution in [2.45, 2.75) is 13.8 Å². The van der Waals surface area contributed by atoms with Crippen LogP contribution in [0.5, 0.6) is 0 Å². The van der Waals surface area contributed by atoms with Crippen LogP contribution in [0.1, 0.15) is 11.1 Å². The second-order valence-electron chi connectivity index (χ2n) is 9.01. The molecule has 0 aliphatic carbocycles. The molecule has 5 aromatic carbocycles. The fourth-order valence-corrected chi connectivity index (χ4v) is 5.09. The zero-order valence-corrected chi connectivity index (χ0v) is 19.0. The van der Waals surface area contributed by atoms with Gasteiger partial charge in [0.2, 0.25) is 0 Å². The van der Waals surface area contributed by atoms with Gasteiger partial charge in [-0.3, -0.25) is 4.57 Å². The number of hydrogen-bond donors (Lipinski definition) is 0. The molecule has 3 heteroatoms. The molecule has 0 saturated carbocycles. The number of aromatic nitrogens is 2. The normalized spacial score (nSPS) is 11.8. The van der Waals surface area contributed by atoms with E-state index in [4.69, 9.17) is 9.40 Å². The van der Waals surface area contributed by atoms with Gasteiger partial charge in [-0.2, -0.15) is 0 Å². The SMILES string of the molecule is Cc1ccc2c(ncn2-c2cc(-c3ccc4oc5ccccc5c4c3)c3ccccc3c2)c1C. The average molecular weight is 439 g/mol. The molecule has 2 aromatic heterocycles. The van der Waals surface area contributed by atoms with Gasteiger partial charge >= 0.3 is 0 Å². The molecule has 7 aromatic rings. The van der Waals surface area contributed by atoms with Crippen molar-refractivity contribution in [1.82, 2.24) is 9.55 Å². The third kappa shape index (κ3) is 2.74. The third-order valence-corrected chi connectivity index (χ3v) is 7.05. The van der Waals surface area contributed by atoms with Gasteiger partial charge in [0, 0.05) is 16.5 Å². The first kappa shape index (κ1) is 19.1. The van der Waals surface area contributed by atoms with E-state index in [-0.39, 0.29) is 0 Å². The Morgan fingerprint density at radius 3 is 2.41 bits per heavy atom. The molecular formula is C31H22N2O. The molecule has 0 saturated heterocycles. The van der Waals surface area contributed by atoms with Crippen LogP contribution < -0.4 is 0 Å².